The molecule has 0 aliphatic heterocycles. The van der Waals surface area contributed by atoms with Crippen LogP contribution in [0.15, 0.2) is 35.2 Å². The Morgan fingerprint density at radius 2 is 1.75 bits per heavy atom. The van der Waals surface area contributed by atoms with E-state index in [2.05, 4.69) is 9.71 Å². The fraction of sp³-hybridized carbons (Fsp3) is 0.154. The van der Waals surface area contributed by atoms with E-state index in [0.29, 0.717) is 11.1 Å². The molecule has 1 heterocycles. The third-order valence-corrected chi connectivity index (χ3v) is 4.74. The maximum atomic E-state index is 12.4. The number of aromatic nitrogens is 1. The van der Waals surface area contributed by atoms with Gasteiger partial charge in [0.15, 0.2) is 5.15 Å². The molecule has 0 bridgehead atoms. The Morgan fingerprint density at radius 3 is 2.35 bits per heavy atom. The van der Waals surface area contributed by atoms with E-state index in [1.54, 1.807) is 38.1 Å². The summed E-state index contributed by atoms with van der Waals surface area (Å²) in [7, 11) is -3.72. The molecule has 1 aromatic carbocycles. The van der Waals surface area contributed by atoms with Crippen molar-refractivity contribution in [1.82, 2.24) is 4.98 Å². The molecule has 0 amide bonds. The van der Waals surface area contributed by atoms with Gasteiger partial charge in [-0.2, -0.15) is 0 Å². The van der Waals surface area contributed by atoms with Crippen molar-refractivity contribution in [3.63, 3.8) is 0 Å². The van der Waals surface area contributed by atoms with Crippen molar-refractivity contribution in [2.75, 3.05) is 4.72 Å². The third kappa shape index (κ3) is 3.06. The molecule has 0 saturated heterocycles. The lowest BCUT2D eigenvalue weighted by atomic mass is 10.2. The zero-order valence-electron chi connectivity index (χ0n) is 10.8. The second-order valence-corrected chi connectivity index (χ2v) is 6.69. The lowest BCUT2D eigenvalue weighted by molar-refractivity contribution is 0.600. The monoisotopic (exact) mass is 330 g/mol. The molecule has 20 heavy (non-hydrogen) atoms. The molecule has 0 atom stereocenters. The summed E-state index contributed by atoms with van der Waals surface area (Å²) in [5.41, 5.74) is 1.49. The minimum Gasteiger partial charge on any atom is -0.276 e. The van der Waals surface area contributed by atoms with E-state index < -0.39 is 10.0 Å². The van der Waals surface area contributed by atoms with E-state index in [-0.39, 0.29) is 20.9 Å². The molecule has 0 aliphatic rings. The van der Waals surface area contributed by atoms with Crippen LogP contribution in [0.4, 0.5) is 5.69 Å². The van der Waals surface area contributed by atoms with E-state index in [1.807, 2.05) is 0 Å². The number of nitrogens with zero attached hydrogens (tertiary/aromatic N) is 1. The van der Waals surface area contributed by atoms with Gasteiger partial charge in [-0.25, -0.2) is 13.4 Å². The number of sulfonamides is 1. The molecule has 0 fully saturated rings. The molecule has 0 saturated carbocycles. The molecule has 0 radical (unpaired) electrons. The number of halogens is 2. The fourth-order valence-corrected chi connectivity index (χ4v) is 3.79. The van der Waals surface area contributed by atoms with Gasteiger partial charge >= 0.3 is 0 Å². The molecule has 106 valence electrons. The molecule has 0 unspecified atom stereocenters. The highest BCUT2D eigenvalue weighted by atomic mass is 35.5. The van der Waals surface area contributed by atoms with E-state index in [4.69, 9.17) is 23.2 Å². The average Bonchev–Trinajstić information content (AvgIpc) is 2.34. The molecular weight excluding hydrogens is 319 g/mol. The second-order valence-electron chi connectivity index (χ2n) is 4.30. The van der Waals surface area contributed by atoms with Crippen LogP contribution in [-0.4, -0.2) is 13.4 Å². The van der Waals surface area contributed by atoms with Crippen LogP contribution < -0.4 is 4.72 Å². The number of aryl methyl sites for hydroxylation is 2. The standard InChI is InChI=1S/C13H12Cl2N2O2S/c1-8-5-3-4-6-10(8)20(18,19)17-12-9(2)7-11(14)16-13(12)15/h3-7,17H,1-2H3. The predicted molar refractivity (Wildman–Crippen MR) is 81.0 cm³/mol. The zero-order chi connectivity index (χ0) is 14.9. The number of nitrogens with one attached hydrogen (secondary N) is 1. The van der Waals surface area contributed by atoms with Gasteiger partial charge in [0.1, 0.15) is 5.15 Å². The Hall–Kier alpha value is -1.30. The van der Waals surface area contributed by atoms with Crippen molar-refractivity contribution in [2.24, 2.45) is 0 Å². The SMILES string of the molecule is Cc1ccccc1S(=O)(=O)Nc1c(C)cc(Cl)nc1Cl. The number of hydrogen-bond acceptors (Lipinski definition) is 3. The van der Waals surface area contributed by atoms with E-state index in [1.165, 1.54) is 6.07 Å². The first-order valence-electron chi connectivity index (χ1n) is 5.72. The van der Waals surface area contributed by atoms with Crippen LogP contribution >= 0.6 is 23.2 Å². The highest BCUT2D eigenvalue weighted by Crippen LogP contribution is 2.29. The predicted octanol–water partition coefficient (Wildman–Crippen LogP) is 3.81. The fourth-order valence-electron chi connectivity index (χ4n) is 1.77. The van der Waals surface area contributed by atoms with Gasteiger partial charge in [-0.1, -0.05) is 41.4 Å². The van der Waals surface area contributed by atoms with Crippen molar-refractivity contribution in [3.05, 3.63) is 51.8 Å². The van der Waals surface area contributed by atoms with E-state index in [0.717, 1.165) is 0 Å². The molecule has 2 rings (SSSR count). The average molecular weight is 331 g/mol. The summed E-state index contributed by atoms with van der Waals surface area (Å²) in [6, 6.07) is 8.24. The molecule has 0 spiro atoms. The first-order chi connectivity index (χ1) is 9.31. The Morgan fingerprint density at radius 1 is 1.10 bits per heavy atom. The largest absolute Gasteiger partial charge is 0.276 e. The van der Waals surface area contributed by atoms with Gasteiger partial charge in [-0.3, -0.25) is 4.72 Å². The quantitative estimate of drug-likeness (QED) is 0.870. The lowest BCUT2D eigenvalue weighted by Gasteiger charge is -2.13. The summed E-state index contributed by atoms with van der Waals surface area (Å²) in [4.78, 5) is 4.04. The summed E-state index contributed by atoms with van der Waals surface area (Å²) >= 11 is 11.7. The van der Waals surface area contributed by atoms with Gasteiger partial charge in [0.05, 0.1) is 10.6 Å². The van der Waals surface area contributed by atoms with Crippen LogP contribution in [0.2, 0.25) is 10.3 Å². The van der Waals surface area contributed by atoms with E-state index >= 15 is 0 Å². The molecule has 7 heteroatoms. The van der Waals surface area contributed by atoms with Crippen molar-refractivity contribution in [3.8, 4) is 0 Å². The topological polar surface area (TPSA) is 59.1 Å². The summed E-state index contributed by atoms with van der Waals surface area (Å²) < 4.78 is 27.2. The summed E-state index contributed by atoms with van der Waals surface area (Å²) in [5, 5.41) is 0.235. The van der Waals surface area contributed by atoms with Crippen LogP contribution in [0.3, 0.4) is 0 Å². The van der Waals surface area contributed by atoms with Gasteiger partial charge in [0.25, 0.3) is 10.0 Å². The van der Waals surface area contributed by atoms with Crippen LogP contribution in [0.5, 0.6) is 0 Å². The summed E-state index contributed by atoms with van der Waals surface area (Å²) in [6.07, 6.45) is 0. The molecule has 4 nitrogen and oxygen atoms in total. The van der Waals surface area contributed by atoms with Gasteiger partial charge in [-0.05, 0) is 37.1 Å². The second kappa shape index (κ2) is 5.60. The Kier molecular flexibility index (Phi) is 4.22. The Balaban J connectivity index is 2.47. The highest BCUT2D eigenvalue weighted by molar-refractivity contribution is 7.92. The maximum Gasteiger partial charge on any atom is 0.262 e. The zero-order valence-corrected chi connectivity index (χ0v) is 13.1. The van der Waals surface area contributed by atoms with Crippen LogP contribution in [0, 0.1) is 13.8 Å². The number of pyridine rings is 1. The Bertz CT molecular complexity index is 738. The van der Waals surface area contributed by atoms with Crippen molar-refractivity contribution in [1.29, 1.82) is 0 Å². The van der Waals surface area contributed by atoms with Crippen molar-refractivity contribution in [2.45, 2.75) is 18.7 Å². The van der Waals surface area contributed by atoms with Gasteiger partial charge in [0.2, 0.25) is 0 Å². The van der Waals surface area contributed by atoms with Crippen molar-refractivity contribution >= 4 is 38.9 Å². The minimum absolute atomic E-state index is 0.0205. The Labute approximate surface area is 127 Å². The first-order valence-corrected chi connectivity index (χ1v) is 7.96. The highest BCUT2D eigenvalue weighted by Gasteiger charge is 2.19. The van der Waals surface area contributed by atoms with Crippen LogP contribution in [0.25, 0.3) is 0 Å². The van der Waals surface area contributed by atoms with Gasteiger partial charge < -0.3 is 0 Å². The molecular formula is C13H12Cl2N2O2S. The number of rotatable bonds is 3. The number of benzene rings is 1. The van der Waals surface area contributed by atoms with Crippen LogP contribution in [0.1, 0.15) is 11.1 Å². The number of anilines is 1. The molecule has 2 aromatic rings. The minimum atomic E-state index is -3.72. The first kappa shape index (κ1) is 15.1. The molecule has 1 N–H and O–H groups in total. The lowest BCUT2D eigenvalue weighted by Crippen LogP contribution is -2.15. The summed E-state index contributed by atoms with van der Waals surface area (Å²) in [6.45, 7) is 3.43. The maximum absolute atomic E-state index is 12.4. The third-order valence-electron chi connectivity index (χ3n) is 2.76. The van der Waals surface area contributed by atoms with Gasteiger partial charge in [-0.15, -0.1) is 0 Å². The van der Waals surface area contributed by atoms with E-state index in [9.17, 15) is 8.42 Å². The van der Waals surface area contributed by atoms with Gasteiger partial charge in [0, 0.05) is 0 Å². The normalized spacial score (nSPS) is 11.4. The number of hydrogen-bond donors (Lipinski definition) is 1. The summed E-state index contributed by atoms with van der Waals surface area (Å²) in [5.74, 6) is 0. The van der Waals surface area contributed by atoms with Crippen LogP contribution in [-0.2, 0) is 10.0 Å². The smallest absolute Gasteiger partial charge is 0.262 e. The van der Waals surface area contributed by atoms with Crippen molar-refractivity contribution < 1.29 is 8.42 Å². The molecule has 1 aromatic heterocycles. The molecule has 0 aliphatic carbocycles.